The second kappa shape index (κ2) is 7.05. The molecule has 0 aliphatic carbocycles. The average Bonchev–Trinajstić information content (AvgIpc) is 2.60. The largest absolute Gasteiger partial charge is 0.479 e. The fourth-order valence-electron chi connectivity index (χ4n) is 2.60. The van der Waals surface area contributed by atoms with Crippen LogP contribution in [0.1, 0.15) is 17.3 Å². The molecule has 8 heteroatoms. The van der Waals surface area contributed by atoms with Crippen LogP contribution in [0.15, 0.2) is 42.5 Å². The van der Waals surface area contributed by atoms with E-state index in [1.807, 2.05) is 0 Å². The highest BCUT2D eigenvalue weighted by molar-refractivity contribution is 6.33. The van der Waals surface area contributed by atoms with Crippen LogP contribution in [0, 0.1) is 0 Å². The molecule has 1 unspecified atom stereocenters. The molecule has 1 atom stereocenters. The number of carboxylic acids is 1. The molecule has 0 radical (unpaired) electrons. The highest BCUT2D eigenvalue weighted by Crippen LogP contribution is 2.35. The Labute approximate surface area is 154 Å². The SMILES string of the molecule is CC1Oc2cc(C(=O)O)ccc2N(CC(=O)Nc2ccccc2Cl)C1=O. The van der Waals surface area contributed by atoms with E-state index in [0.29, 0.717) is 16.4 Å². The molecule has 0 bridgehead atoms. The first kappa shape index (κ1) is 17.8. The lowest BCUT2D eigenvalue weighted by Gasteiger charge is -2.32. The van der Waals surface area contributed by atoms with Gasteiger partial charge >= 0.3 is 5.97 Å². The fraction of sp³-hybridized carbons (Fsp3) is 0.167. The van der Waals surface area contributed by atoms with Gasteiger partial charge in [-0.05, 0) is 37.3 Å². The first-order valence-electron chi connectivity index (χ1n) is 7.76. The van der Waals surface area contributed by atoms with E-state index < -0.39 is 23.9 Å². The predicted molar refractivity (Wildman–Crippen MR) is 95.9 cm³/mol. The van der Waals surface area contributed by atoms with Gasteiger partial charge in [0.15, 0.2) is 6.10 Å². The van der Waals surface area contributed by atoms with Crippen molar-refractivity contribution in [3.8, 4) is 5.75 Å². The number of hydrogen-bond acceptors (Lipinski definition) is 4. The Morgan fingerprint density at radius 2 is 2.00 bits per heavy atom. The Hall–Kier alpha value is -3.06. The van der Waals surface area contributed by atoms with Crippen molar-refractivity contribution in [1.29, 1.82) is 0 Å². The number of amides is 2. The van der Waals surface area contributed by atoms with E-state index in [1.54, 1.807) is 24.3 Å². The van der Waals surface area contributed by atoms with Crippen LogP contribution in [-0.4, -0.2) is 35.5 Å². The highest BCUT2D eigenvalue weighted by atomic mass is 35.5. The minimum atomic E-state index is -1.11. The standard InChI is InChI=1S/C18H15ClN2O5/c1-10-17(23)21(9-16(22)20-13-5-3-2-4-12(13)19)14-7-6-11(18(24)25)8-15(14)26-10/h2-8,10H,9H2,1H3,(H,20,22)(H,24,25). The van der Waals surface area contributed by atoms with Gasteiger partial charge in [-0.3, -0.25) is 14.5 Å². The van der Waals surface area contributed by atoms with Crippen LogP contribution in [0.4, 0.5) is 11.4 Å². The van der Waals surface area contributed by atoms with Crippen LogP contribution in [0.3, 0.4) is 0 Å². The summed E-state index contributed by atoms with van der Waals surface area (Å²) in [7, 11) is 0. The maximum absolute atomic E-state index is 12.4. The molecule has 0 saturated heterocycles. The van der Waals surface area contributed by atoms with Crippen molar-refractivity contribution in [1.82, 2.24) is 0 Å². The molecule has 2 aromatic carbocycles. The maximum atomic E-state index is 12.4. The molecular formula is C18H15ClN2O5. The van der Waals surface area contributed by atoms with E-state index in [0.717, 1.165) is 0 Å². The molecule has 0 spiro atoms. The van der Waals surface area contributed by atoms with Gasteiger partial charge in [-0.15, -0.1) is 0 Å². The van der Waals surface area contributed by atoms with E-state index in [1.165, 1.54) is 30.0 Å². The zero-order valence-corrected chi connectivity index (χ0v) is 14.5. The second-order valence-electron chi connectivity index (χ2n) is 5.70. The number of carbonyl (C=O) groups is 3. The molecule has 2 aromatic rings. The molecule has 1 aliphatic rings. The van der Waals surface area contributed by atoms with Crippen molar-refractivity contribution in [2.45, 2.75) is 13.0 Å². The Morgan fingerprint density at radius 1 is 1.27 bits per heavy atom. The van der Waals surface area contributed by atoms with Crippen molar-refractivity contribution in [3.05, 3.63) is 53.1 Å². The van der Waals surface area contributed by atoms with Gasteiger partial charge in [-0.25, -0.2) is 4.79 Å². The molecule has 3 rings (SSSR count). The van der Waals surface area contributed by atoms with Crippen LogP contribution in [0.5, 0.6) is 5.75 Å². The molecule has 134 valence electrons. The number of benzene rings is 2. The van der Waals surface area contributed by atoms with E-state index in [9.17, 15) is 14.4 Å². The van der Waals surface area contributed by atoms with Crippen molar-refractivity contribution in [2.75, 3.05) is 16.8 Å². The zero-order valence-electron chi connectivity index (χ0n) is 13.7. The third-order valence-electron chi connectivity index (χ3n) is 3.86. The minimum Gasteiger partial charge on any atom is -0.479 e. The fourth-order valence-corrected chi connectivity index (χ4v) is 2.79. The van der Waals surface area contributed by atoms with E-state index in [-0.39, 0.29) is 17.9 Å². The number of aromatic carboxylic acids is 1. The summed E-state index contributed by atoms with van der Waals surface area (Å²) >= 11 is 6.02. The number of anilines is 2. The molecule has 0 saturated carbocycles. The average molecular weight is 375 g/mol. The molecule has 1 aliphatic heterocycles. The van der Waals surface area contributed by atoms with E-state index in [4.69, 9.17) is 21.4 Å². The summed E-state index contributed by atoms with van der Waals surface area (Å²) in [6, 6.07) is 10.9. The van der Waals surface area contributed by atoms with Crippen LogP contribution < -0.4 is 15.0 Å². The number of carbonyl (C=O) groups excluding carboxylic acids is 2. The van der Waals surface area contributed by atoms with Gasteiger partial charge in [0.25, 0.3) is 5.91 Å². The van der Waals surface area contributed by atoms with Gasteiger partial charge in [0.1, 0.15) is 12.3 Å². The van der Waals surface area contributed by atoms with Gasteiger partial charge in [-0.1, -0.05) is 23.7 Å². The van der Waals surface area contributed by atoms with Gasteiger partial charge < -0.3 is 15.2 Å². The van der Waals surface area contributed by atoms with Crippen LogP contribution in [0.2, 0.25) is 5.02 Å². The first-order chi connectivity index (χ1) is 12.4. The molecule has 1 heterocycles. The number of nitrogens with zero attached hydrogens (tertiary/aromatic N) is 1. The maximum Gasteiger partial charge on any atom is 0.335 e. The first-order valence-corrected chi connectivity index (χ1v) is 8.14. The Balaban J connectivity index is 1.85. The number of halogens is 1. The monoisotopic (exact) mass is 374 g/mol. The third-order valence-corrected chi connectivity index (χ3v) is 4.19. The molecule has 26 heavy (non-hydrogen) atoms. The van der Waals surface area contributed by atoms with Gasteiger partial charge in [0.05, 0.1) is 22.0 Å². The van der Waals surface area contributed by atoms with Crippen LogP contribution >= 0.6 is 11.6 Å². The molecule has 0 fully saturated rings. The van der Waals surface area contributed by atoms with Crippen molar-refractivity contribution >= 4 is 40.8 Å². The lowest BCUT2D eigenvalue weighted by atomic mass is 10.1. The number of carboxylic acid groups (broad SMARTS) is 1. The van der Waals surface area contributed by atoms with Crippen molar-refractivity contribution in [2.24, 2.45) is 0 Å². The quantitative estimate of drug-likeness (QED) is 0.857. The van der Waals surface area contributed by atoms with Crippen LogP contribution in [0.25, 0.3) is 0 Å². The second-order valence-corrected chi connectivity index (χ2v) is 6.11. The molecular weight excluding hydrogens is 360 g/mol. The zero-order chi connectivity index (χ0) is 18.8. The summed E-state index contributed by atoms with van der Waals surface area (Å²) in [5.41, 5.74) is 0.813. The Kier molecular flexibility index (Phi) is 4.81. The number of para-hydroxylation sites is 1. The summed E-state index contributed by atoms with van der Waals surface area (Å²) in [4.78, 5) is 37.2. The minimum absolute atomic E-state index is 0.0331. The summed E-state index contributed by atoms with van der Waals surface area (Å²) in [5, 5.41) is 12.1. The number of nitrogens with one attached hydrogen (secondary N) is 1. The molecule has 7 nitrogen and oxygen atoms in total. The smallest absolute Gasteiger partial charge is 0.335 e. The summed E-state index contributed by atoms with van der Waals surface area (Å²) in [6.45, 7) is 1.29. The normalized spacial score (nSPS) is 15.8. The summed E-state index contributed by atoms with van der Waals surface area (Å²) in [6.07, 6.45) is -0.834. The van der Waals surface area contributed by atoms with Crippen molar-refractivity contribution in [3.63, 3.8) is 0 Å². The topological polar surface area (TPSA) is 95.9 Å². The number of fused-ring (bicyclic) bond motifs is 1. The number of hydrogen-bond donors (Lipinski definition) is 2. The Bertz CT molecular complexity index is 899. The Morgan fingerprint density at radius 3 is 2.69 bits per heavy atom. The van der Waals surface area contributed by atoms with E-state index >= 15 is 0 Å². The van der Waals surface area contributed by atoms with Gasteiger partial charge in [0.2, 0.25) is 5.91 Å². The number of rotatable bonds is 4. The summed E-state index contributed by atoms with van der Waals surface area (Å²) < 4.78 is 5.48. The van der Waals surface area contributed by atoms with Crippen LogP contribution in [-0.2, 0) is 9.59 Å². The third kappa shape index (κ3) is 3.48. The van der Waals surface area contributed by atoms with Crippen molar-refractivity contribution < 1.29 is 24.2 Å². The predicted octanol–water partition coefficient (Wildman–Crippen LogP) is 2.79. The van der Waals surface area contributed by atoms with E-state index in [2.05, 4.69) is 5.32 Å². The molecule has 0 aromatic heterocycles. The molecule has 2 N–H and O–H groups in total. The summed E-state index contributed by atoms with van der Waals surface area (Å²) in [5.74, 6) is -1.70. The van der Waals surface area contributed by atoms with Gasteiger partial charge in [0, 0.05) is 0 Å². The lowest BCUT2D eigenvalue weighted by molar-refractivity contribution is -0.127. The lowest BCUT2D eigenvalue weighted by Crippen LogP contribution is -2.47. The van der Waals surface area contributed by atoms with Gasteiger partial charge in [-0.2, -0.15) is 0 Å². The number of ether oxygens (including phenoxy) is 1. The highest BCUT2D eigenvalue weighted by Gasteiger charge is 2.33. The molecule has 2 amide bonds.